The Morgan fingerprint density at radius 3 is 2.43 bits per heavy atom. The lowest BCUT2D eigenvalue weighted by atomic mass is 10.0. The summed E-state index contributed by atoms with van der Waals surface area (Å²) in [5.74, 6) is -1.21. The molecule has 21 heavy (non-hydrogen) atoms. The summed E-state index contributed by atoms with van der Waals surface area (Å²) in [7, 11) is 0. The summed E-state index contributed by atoms with van der Waals surface area (Å²) in [6.07, 6.45) is -5.60. The van der Waals surface area contributed by atoms with E-state index in [1.165, 1.54) is 12.1 Å². The summed E-state index contributed by atoms with van der Waals surface area (Å²) in [5, 5.41) is 22.7. The largest absolute Gasteiger partial charge is 0.508 e. The van der Waals surface area contributed by atoms with Crippen LogP contribution in [0.4, 0.5) is 13.2 Å². The van der Waals surface area contributed by atoms with E-state index in [0.717, 1.165) is 12.1 Å². The molecule has 1 aliphatic rings. The van der Waals surface area contributed by atoms with Gasteiger partial charge in [-0.25, -0.2) is 0 Å². The zero-order chi connectivity index (χ0) is 15.8. The number of carbonyl (C=O) groups excluding carboxylic acids is 1. The van der Waals surface area contributed by atoms with Crippen LogP contribution in [-0.2, 0) is 0 Å². The minimum Gasteiger partial charge on any atom is -0.508 e. The average molecular weight is 302 g/mol. The van der Waals surface area contributed by atoms with Crippen LogP contribution in [0.3, 0.4) is 0 Å². The predicted molar refractivity (Wildman–Crippen MR) is 67.6 cm³/mol. The van der Waals surface area contributed by atoms with Gasteiger partial charge < -0.3 is 10.2 Å². The molecule has 2 N–H and O–H groups in total. The van der Waals surface area contributed by atoms with Crippen molar-refractivity contribution in [3.8, 4) is 5.75 Å². The third-order valence-electron chi connectivity index (χ3n) is 3.21. The summed E-state index contributed by atoms with van der Waals surface area (Å²) >= 11 is 0. The fourth-order valence-corrected chi connectivity index (χ4v) is 1.97. The highest BCUT2D eigenvalue weighted by Gasteiger charge is 2.63. The Bertz CT molecular complexity index is 583. The minimum atomic E-state index is -5.03. The van der Waals surface area contributed by atoms with E-state index in [1.807, 2.05) is 0 Å². The van der Waals surface area contributed by atoms with Gasteiger partial charge in [0.15, 0.2) is 0 Å². The molecule has 0 radical (unpaired) electrons. The second-order valence-corrected chi connectivity index (χ2v) is 4.67. The topological polar surface area (TPSA) is 73.1 Å². The van der Waals surface area contributed by atoms with Crippen LogP contribution in [0, 0.1) is 0 Å². The number of carbonyl (C=O) groups is 1. The van der Waals surface area contributed by atoms with Crippen molar-refractivity contribution in [3.05, 3.63) is 29.8 Å². The molecule has 0 saturated heterocycles. The molecule has 0 spiro atoms. The Morgan fingerprint density at radius 1 is 1.38 bits per heavy atom. The van der Waals surface area contributed by atoms with Crippen LogP contribution in [0.15, 0.2) is 29.4 Å². The Kier molecular flexibility index (Phi) is 3.66. The molecule has 0 unspecified atom stereocenters. The molecule has 5 nitrogen and oxygen atoms in total. The van der Waals surface area contributed by atoms with Gasteiger partial charge in [0.25, 0.3) is 11.6 Å². The van der Waals surface area contributed by atoms with E-state index >= 15 is 0 Å². The molecule has 1 heterocycles. The molecule has 1 atom stereocenters. The molecule has 8 heteroatoms. The van der Waals surface area contributed by atoms with Gasteiger partial charge in [0.05, 0.1) is 0 Å². The minimum absolute atomic E-state index is 0.0677. The molecular formula is C13H13F3N2O3. The summed E-state index contributed by atoms with van der Waals surface area (Å²) in [5.41, 5.74) is -3.37. The number of rotatable bonds is 2. The van der Waals surface area contributed by atoms with E-state index in [4.69, 9.17) is 5.11 Å². The zero-order valence-corrected chi connectivity index (χ0v) is 11.1. The van der Waals surface area contributed by atoms with Crippen molar-refractivity contribution in [3.63, 3.8) is 0 Å². The smallest absolute Gasteiger partial charge is 0.438 e. The SMILES string of the molecule is CCC1=NN(C(=O)c2ccc(O)cc2)[C@@](O)(C(F)(F)F)C1. The quantitative estimate of drug-likeness (QED) is 0.880. The number of amides is 1. The molecule has 2 rings (SSSR count). The van der Waals surface area contributed by atoms with Crippen molar-refractivity contribution in [1.29, 1.82) is 0 Å². The second-order valence-electron chi connectivity index (χ2n) is 4.67. The highest BCUT2D eigenvalue weighted by atomic mass is 19.4. The first kappa shape index (κ1) is 15.3. The van der Waals surface area contributed by atoms with Gasteiger partial charge in [0, 0.05) is 17.7 Å². The van der Waals surface area contributed by atoms with Gasteiger partial charge in [-0.05, 0) is 30.7 Å². The number of alkyl halides is 3. The Morgan fingerprint density at radius 2 is 1.95 bits per heavy atom. The predicted octanol–water partition coefficient (Wildman–Crippen LogP) is 2.26. The van der Waals surface area contributed by atoms with Crippen molar-refractivity contribution in [2.24, 2.45) is 5.10 Å². The molecule has 0 aliphatic carbocycles. The maximum absolute atomic E-state index is 13.1. The lowest BCUT2D eigenvalue weighted by molar-refractivity contribution is -0.297. The number of phenolic OH excluding ortho intramolecular Hbond substituents is 1. The second kappa shape index (κ2) is 5.03. The van der Waals surface area contributed by atoms with E-state index in [0.29, 0.717) is 0 Å². The van der Waals surface area contributed by atoms with Crippen molar-refractivity contribution in [2.45, 2.75) is 31.7 Å². The van der Waals surface area contributed by atoms with E-state index in [2.05, 4.69) is 5.10 Å². The number of aromatic hydroxyl groups is 1. The first-order valence-corrected chi connectivity index (χ1v) is 6.18. The number of hydrogen-bond donors (Lipinski definition) is 2. The van der Waals surface area contributed by atoms with Gasteiger partial charge in [0.1, 0.15) is 5.75 Å². The summed E-state index contributed by atoms with van der Waals surface area (Å²) in [6.45, 7) is 1.59. The van der Waals surface area contributed by atoms with Crippen LogP contribution in [0.5, 0.6) is 5.75 Å². The van der Waals surface area contributed by atoms with Gasteiger partial charge in [-0.15, -0.1) is 0 Å². The van der Waals surface area contributed by atoms with Crippen LogP contribution in [-0.4, -0.2) is 38.7 Å². The van der Waals surface area contributed by atoms with E-state index in [-0.39, 0.29) is 28.5 Å². The van der Waals surface area contributed by atoms with Crippen molar-refractivity contribution in [1.82, 2.24) is 5.01 Å². The number of halogens is 3. The summed E-state index contributed by atoms with van der Waals surface area (Å²) < 4.78 is 39.3. The van der Waals surface area contributed by atoms with Crippen LogP contribution in [0.1, 0.15) is 30.1 Å². The monoisotopic (exact) mass is 302 g/mol. The number of hydrogen-bond acceptors (Lipinski definition) is 4. The molecule has 0 saturated carbocycles. The Balaban J connectivity index is 2.40. The van der Waals surface area contributed by atoms with Gasteiger partial charge in [0.2, 0.25) is 0 Å². The maximum atomic E-state index is 13.1. The maximum Gasteiger partial charge on any atom is 0.438 e. The molecule has 114 valence electrons. The highest BCUT2D eigenvalue weighted by molar-refractivity contribution is 5.98. The highest BCUT2D eigenvalue weighted by Crippen LogP contribution is 2.41. The Hall–Kier alpha value is -2.09. The summed E-state index contributed by atoms with van der Waals surface area (Å²) in [4.78, 5) is 12.2. The third kappa shape index (κ3) is 2.58. The van der Waals surface area contributed by atoms with Crippen molar-refractivity contribution >= 4 is 11.6 Å². The fraction of sp³-hybridized carbons (Fsp3) is 0.385. The molecule has 0 aromatic heterocycles. The molecule has 0 bridgehead atoms. The van der Waals surface area contributed by atoms with Crippen LogP contribution >= 0.6 is 0 Å². The average Bonchev–Trinajstić information content (AvgIpc) is 2.77. The van der Waals surface area contributed by atoms with Gasteiger partial charge in [-0.3, -0.25) is 4.79 Å². The van der Waals surface area contributed by atoms with Crippen molar-refractivity contribution < 1.29 is 28.2 Å². The zero-order valence-electron chi connectivity index (χ0n) is 11.1. The standard InChI is InChI=1S/C13H13F3N2O3/c1-2-9-7-12(21,13(14,15)16)18(17-9)11(20)8-3-5-10(19)6-4-8/h3-6,19,21H,2,7H2,1H3/t12-/m0/s1. The van der Waals surface area contributed by atoms with E-state index < -0.39 is 24.2 Å². The Labute approximate surface area is 118 Å². The van der Waals surface area contributed by atoms with E-state index in [1.54, 1.807) is 6.92 Å². The molecule has 0 fully saturated rings. The number of hydrazone groups is 1. The number of phenols is 1. The molecular weight excluding hydrogens is 289 g/mol. The van der Waals surface area contributed by atoms with Crippen LogP contribution in [0.2, 0.25) is 0 Å². The van der Waals surface area contributed by atoms with Gasteiger partial charge in [-0.2, -0.15) is 23.3 Å². The number of nitrogens with zero attached hydrogens (tertiary/aromatic N) is 2. The van der Waals surface area contributed by atoms with Gasteiger partial charge in [-0.1, -0.05) is 6.92 Å². The summed E-state index contributed by atoms with van der Waals surface area (Å²) in [6, 6.07) is 4.66. The van der Waals surface area contributed by atoms with Crippen LogP contribution < -0.4 is 0 Å². The fourth-order valence-electron chi connectivity index (χ4n) is 1.97. The number of aliphatic hydroxyl groups is 1. The lowest BCUT2D eigenvalue weighted by Gasteiger charge is -2.32. The molecule has 1 aromatic rings. The number of benzene rings is 1. The first-order valence-electron chi connectivity index (χ1n) is 6.18. The van der Waals surface area contributed by atoms with Gasteiger partial charge >= 0.3 is 6.18 Å². The van der Waals surface area contributed by atoms with E-state index in [9.17, 15) is 23.1 Å². The van der Waals surface area contributed by atoms with Crippen LogP contribution in [0.25, 0.3) is 0 Å². The normalized spacial score (nSPS) is 22.3. The third-order valence-corrected chi connectivity index (χ3v) is 3.21. The first-order chi connectivity index (χ1) is 9.69. The molecule has 1 amide bonds. The lowest BCUT2D eigenvalue weighted by Crippen LogP contribution is -2.56. The van der Waals surface area contributed by atoms with Crippen molar-refractivity contribution in [2.75, 3.05) is 0 Å². The molecule has 1 aliphatic heterocycles. The molecule has 1 aromatic carbocycles.